The summed E-state index contributed by atoms with van der Waals surface area (Å²) in [5.74, 6) is 0. The van der Waals surface area contributed by atoms with Crippen molar-refractivity contribution >= 4 is 45.9 Å². The van der Waals surface area contributed by atoms with Gasteiger partial charge in [-0.25, -0.2) is 4.98 Å². The number of hydrogen-bond donors (Lipinski definition) is 0. The summed E-state index contributed by atoms with van der Waals surface area (Å²) in [6.45, 7) is 0. The highest BCUT2D eigenvalue weighted by molar-refractivity contribution is 7.21. The molecule has 0 unspecified atom stereocenters. The molecular weight excluding hydrogens is 503 g/mol. The lowest BCUT2D eigenvalue weighted by Gasteiger charge is -2.45. The number of rotatable bonds is 4. The van der Waals surface area contributed by atoms with E-state index in [-0.39, 0.29) is 0 Å². The molecule has 0 aliphatic carbocycles. The summed E-state index contributed by atoms with van der Waals surface area (Å²) in [6, 6.07) is 54.3. The number of aromatic nitrogens is 1. The molecule has 7 rings (SSSR count). The fourth-order valence-electron chi connectivity index (χ4n) is 6.24. The van der Waals surface area contributed by atoms with Gasteiger partial charge in [-0.2, -0.15) is 5.26 Å². The maximum atomic E-state index is 9.54. The molecule has 40 heavy (non-hydrogen) atoms. The Morgan fingerprint density at radius 1 is 0.550 bits per heavy atom. The molecule has 0 saturated heterocycles. The molecule has 2 heterocycles. The van der Waals surface area contributed by atoms with Gasteiger partial charge in [-0.15, -0.1) is 0 Å². The molecule has 3 nitrogen and oxygen atoms in total. The van der Waals surface area contributed by atoms with Crippen LogP contribution in [0.15, 0.2) is 152 Å². The predicted octanol–water partition coefficient (Wildman–Crippen LogP) is 5.78. The van der Waals surface area contributed by atoms with Gasteiger partial charge in [0.25, 0.3) is 0 Å². The van der Waals surface area contributed by atoms with E-state index in [9.17, 15) is 5.26 Å². The fraction of sp³-hybridized carbons (Fsp3) is 0. The maximum absolute atomic E-state index is 9.54. The standard InChI is InChI=1S/C36H25N3Si/c37-26-28-25-27(23-24-38-28)31-17-7-8-18-32(31)39-33-19-9-11-21-35(33)40(29-13-3-1-4-14-29,30-15-5-2-6-16-30)36-22-12-10-20-34(36)39/h1-25H. The van der Waals surface area contributed by atoms with Crippen LogP contribution >= 0.6 is 0 Å². The van der Waals surface area contributed by atoms with Gasteiger partial charge >= 0.3 is 0 Å². The highest BCUT2D eigenvalue weighted by atomic mass is 28.3. The van der Waals surface area contributed by atoms with Gasteiger partial charge in [0.05, 0.1) is 5.69 Å². The van der Waals surface area contributed by atoms with Gasteiger partial charge in [-0.3, -0.25) is 0 Å². The number of benzene rings is 5. The third-order valence-electron chi connectivity index (χ3n) is 7.84. The normalized spacial score (nSPS) is 13.1. The Bertz CT molecular complexity index is 1790. The Balaban J connectivity index is 1.58. The number of pyridine rings is 1. The minimum atomic E-state index is -2.66. The summed E-state index contributed by atoms with van der Waals surface area (Å²) in [7, 11) is -2.66. The number of para-hydroxylation sites is 3. The zero-order valence-corrected chi connectivity index (χ0v) is 22.8. The molecule has 188 valence electrons. The second-order valence-electron chi connectivity index (χ2n) is 9.91. The van der Waals surface area contributed by atoms with E-state index in [1.54, 1.807) is 6.20 Å². The van der Waals surface area contributed by atoms with Gasteiger partial charge in [0.15, 0.2) is 8.07 Å². The van der Waals surface area contributed by atoms with Crippen molar-refractivity contribution in [3.8, 4) is 17.2 Å². The molecule has 0 amide bonds. The summed E-state index contributed by atoms with van der Waals surface area (Å²) in [5.41, 5.74) is 5.87. The van der Waals surface area contributed by atoms with Crippen LogP contribution in [0.5, 0.6) is 0 Å². The molecule has 4 heteroatoms. The lowest BCUT2D eigenvalue weighted by atomic mass is 10.0. The first-order chi connectivity index (χ1) is 19.8. The van der Waals surface area contributed by atoms with Crippen LogP contribution in [0, 0.1) is 11.3 Å². The molecule has 1 aromatic heterocycles. The Hall–Kier alpha value is -5.24. The zero-order valence-electron chi connectivity index (χ0n) is 21.8. The Morgan fingerprint density at radius 2 is 1.05 bits per heavy atom. The van der Waals surface area contributed by atoms with Crippen LogP contribution in [-0.2, 0) is 0 Å². The molecule has 0 atom stereocenters. The maximum Gasteiger partial charge on any atom is 0.184 e. The third-order valence-corrected chi connectivity index (χ3v) is 12.7. The SMILES string of the molecule is N#Cc1cc(-c2ccccc2N2c3ccccc3[Si](c3ccccc3)(c3ccccc3)c3ccccc32)ccn1. The third kappa shape index (κ3) is 3.60. The largest absolute Gasteiger partial charge is 0.310 e. The van der Waals surface area contributed by atoms with Gasteiger partial charge < -0.3 is 4.90 Å². The minimum absolute atomic E-state index is 0.409. The molecule has 6 aromatic rings. The zero-order chi connectivity index (χ0) is 26.9. The van der Waals surface area contributed by atoms with Crippen molar-refractivity contribution in [1.82, 2.24) is 4.98 Å². The van der Waals surface area contributed by atoms with Crippen molar-refractivity contribution in [2.45, 2.75) is 0 Å². The first-order valence-corrected chi connectivity index (χ1v) is 15.4. The van der Waals surface area contributed by atoms with Gasteiger partial charge in [0, 0.05) is 23.1 Å². The molecule has 0 N–H and O–H groups in total. The number of nitrogens with zero attached hydrogens (tertiary/aromatic N) is 3. The van der Waals surface area contributed by atoms with Gasteiger partial charge in [0.2, 0.25) is 0 Å². The van der Waals surface area contributed by atoms with Crippen molar-refractivity contribution in [2.75, 3.05) is 4.90 Å². The molecule has 0 bridgehead atoms. The van der Waals surface area contributed by atoms with Crippen LogP contribution in [-0.4, -0.2) is 13.1 Å². The monoisotopic (exact) mass is 527 g/mol. The predicted molar refractivity (Wildman–Crippen MR) is 166 cm³/mol. The summed E-state index contributed by atoms with van der Waals surface area (Å²) in [4.78, 5) is 6.62. The molecule has 0 saturated carbocycles. The van der Waals surface area contributed by atoms with Crippen LogP contribution < -0.4 is 25.6 Å². The number of fused-ring (bicyclic) bond motifs is 2. The van der Waals surface area contributed by atoms with Crippen molar-refractivity contribution in [3.63, 3.8) is 0 Å². The average molecular weight is 528 g/mol. The number of hydrogen-bond acceptors (Lipinski definition) is 3. The molecule has 1 aliphatic rings. The molecule has 0 fully saturated rings. The molecule has 1 aliphatic heterocycles. The van der Waals surface area contributed by atoms with Crippen molar-refractivity contribution in [2.24, 2.45) is 0 Å². The summed E-state index contributed by atoms with van der Waals surface area (Å²) >= 11 is 0. The summed E-state index contributed by atoms with van der Waals surface area (Å²) in [6.07, 6.45) is 1.71. The van der Waals surface area contributed by atoms with E-state index in [0.717, 1.165) is 16.8 Å². The number of nitriles is 1. The average Bonchev–Trinajstić information content (AvgIpc) is 3.04. The summed E-state index contributed by atoms with van der Waals surface area (Å²) < 4.78 is 0. The Labute approximate surface area is 235 Å². The lowest BCUT2D eigenvalue weighted by Crippen LogP contribution is -2.77. The van der Waals surface area contributed by atoms with Gasteiger partial charge in [-0.1, -0.05) is 115 Å². The second-order valence-corrected chi connectivity index (χ2v) is 13.6. The van der Waals surface area contributed by atoms with Crippen molar-refractivity contribution < 1.29 is 0 Å². The van der Waals surface area contributed by atoms with E-state index < -0.39 is 8.07 Å². The van der Waals surface area contributed by atoms with Crippen molar-refractivity contribution in [1.29, 1.82) is 5.26 Å². The fourth-order valence-corrected chi connectivity index (χ4v) is 11.3. The minimum Gasteiger partial charge on any atom is -0.310 e. The highest BCUT2D eigenvalue weighted by Gasteiger charge is 2.48. The van der Waals surface area contributed by atoms with E-state index >= 15 is 0 Å². The first-order valence-electron chi connectivity index (χ1n) is 13.4. The van der Waals surface area contributed by atoms with E-state index in [1.165, 1.54) is 32.1 Å². The van der Waals surface area contributed by atoms with Gasteiger partial charge in [-0.05, 0) is 56.6 Å². The Kier molecular flexibility index (Phi) is 5.85. The van der Waals surface area contributed by atoms with E-state index in [0.29, 0.717) is 5.69 Å². The molecule has 5 aromatic carbocycles. The van der Waals surface area contributed by atoms with Crippen LogP contribution in [0.1, 0.15) is 5.69 Å². The highest BCUT2D eigenvalue weighted by Crippen LogP contribution is 2.42. The molecule has 0 spiro atoms. The molecular formula is C36H25N3Si. The quantitative estimate of drug-likeness (QED) is 0.273. The van der Waals surface area contributed by atoms with E-state index in [1.807, 2.05) is 12.1 Å². The first kappa shape index (κ1) is 23.8. The van der Waals surface area contributed by atoms with E-state index in [2.05, 4.69) is 149 Å². The van der Waals surface area contributed by atoms with Crippen molar-refractivity contribution in [3.05, 3.63) is 157 Å². The van der Waals surface area contributed by atoms with Crippen LogP contribution in [0.4, 0.5) is 17.1 Å². The van der Waals surface area contributed by atoms with Crippen LogP contribution in [0.25, 0.3) is 11.1 Å². The molecule has 0 radical (unpaired) electrons. The number of anilines is 3. The topological polar surface area (TPSA) is 39.9 Å². The summed E-state index contributed by atoms with van der Waals surface area (Å²) in [5, 5.41) is 15.0. The Morgan fingerprint density at radius 3 is 1.62 bits per heavy atom. The van der Waals surface area contributed by atoms with E-state index in [4.69, 9.17) is 0 Å². The second kappa shape index (κ2) is 9.81. The smallest absolute Gasteiger partial charge is 0.184 e. The lowest BCUT2D eigenvalue weighted by molar-refractivity contribution is 1.26. The van der Waals surface area contributed by atoms with Gasteiger partial charge in [0.1, 0.15) is 11.8 Å². The van der Waals surface area contributed by atoms with Crippen LogP contribution in [0.2, 0.25) is 0 Å². The van der Waals surface area contributed by atoms with Crippen LogP contribution in [0.3, 0.4) is 0 Å².